The summed E-state index contributed by atoms with van der Waals surface area (Å²) in [5, 5.41) is 14.5. The van der Waals surface area contributed by atoms with Crippen LogP contribution in [0.5, 0.6) is 0 Å². The van der Waals surface area contributed by atoms with E-state index < -0.39 is 0 Å². The molecule has 0 saturated carbocycles. The Morgan fingerprint density at radius 3 is 2.54 bits per heavy atom. The standard InChI is InChI=1S/C16H19FN4O2S/c1-2-3-15-20-21-16(24-15)19-14(23)9-8-13(22)18-10-11-4-6-12(17)7-5-11/h4-7H,2-3,8-10H2,1H3,(H,18,22)(H,19,21,23). The summed E-state index contributed by atoms with van der Waals surface area (Å²) in [5.41, 5.74) is 0.798. The van der Waals surface area contributed by atoms with Crippen LogP contribution in [0.3, 0.4) is 0 Å². The number of nitrogens with one attached hydrogen (secondary N) is 2. The van der Waals surface area contributed by atoms with Crippen LogP contribution in [0.15, 0.2) is 24.3 Å². The minimum atomic E-state index is -0.319. The van der Waals surface area contributed by atoms with E-state index in [4.69, 9.17) is 0 Å². The van der Waals surface area contributed by atoms with Gasteiger partial charge < -0.3 is 10.6 Å². The van der Waals surface area contributed by atoms with Gasteiger partial charge in [-0.15, -0.1) is 10.2 Å². The Hall–Kier alpha value is -2.35. The van der Waals surface area contributed by atoms with Gasteiger partial charge in [0.25, 0.3) is 0 Å². The number of amides is 2. The summed E-state index contributed by atoms with van der Waals surface area (Å²) in [7, 11) is 0. The quantitative estimate of drug-likeness (QED) is 0.767. The third kappa shape index (κ3) is 6.04. The topological polar surface area (TPSA) is 84.0 Å². The van der Waals surface area contributed by atoms with Gasteiger partial charge in [0.05, 0.1) is 0 Å². The second-order valence-electron chi connectivity index (χ2n) is 5.20. The van der Waals surface area contributed by atoms with E-state index in [0.29, 0.717) is 11.7 Å². The van der Waals surface area contributed by atoms with E-state index in [1.54, 1.807) is 12.1 Å². The number of carbonyl (C=O) groups is 2. The Balaban J connectivity index is 1.68. The van der Waals surface area contributed by atoms with Gasteiger partial charge in [-0.2, -0.15) is 0 Å². The van der Waals surface area contributed by atoms with Crippen LogP contribution < -0.4 is 10.6 Å². The minimum absolute atomic E-state index is 0.0674. The number of benzene rings is 1. The highest BCUT2D eigenvalue weighted by Crippen LogP contribution is 2.16. The number of nitrogens with zero attached hydrogens (tertiary/aromatic N) is 2. The van der Waals surface area contributed by atoms with Crippen molar-refractivity contribution in [2.24, 2.45) is 0 Å². The van der Waals surface area contributed by atoms with Crippen molar-refractivity contribution in [1.29, 1.82) is 0 Å². The van der Waals surface area contributed by atoms with Gasteiger partial charge in [-0.1, -0.05) is 30.4 Å². The van der Waals surface area contributed by atoms with Crippen molar-refractivity contribution in [3.05, 3.63) is 40.7 Å². The van der Waals surface area contributed by atoms with E-state index in [1.807, 2.05) is 6.92 Å². The Morgan fingerprint density at radius 1 is 1.12 bits per heavy atom. The molecule has 0 saturated heterocycles. The molecule has 0 unspecified atom stereocenters. The van der Waals surface area contributed by atoms with Crippen LogP contribution in [-0.4, -0.2) is 22.0 Å². The van der Waals surface area contributed by atoms with Crippen molar-refractivity contribution in [3.8, 4) is 0 Å². The highest BCUT2D eigenvalue weighted by molar-refractivity contribution is 7.15. The van der Waals surface area contributed by atoms with Gasteiger partial charge in [0.15, 0.2) is 0 Å². The van der Waals surface area contributed by atoms with Crippen molar-refractivity contribution in [2.45, 2.75) is 39.2 Å². The molecule has 0 fully saturated rings. The van der Waals surface area contributed by atoms with Crippen molar-refractivity contribution >= 4 is 28.3 Å². The fourth-order valence-corrected chi connectivity index (χ4v) is 2.78. The second-order valence-corrected chi connectivity index (χ2v) is 6.26. The summed E-state index contributed by atoms with van der Waals surface area (Å²) in [6.45, 7) is 2.35. The number of carbonyl (C=O) groups excluding carboxylic acids is 2. The molecule has 1 aromatic heterocycles. The summed E-state index contributed by atoms with van der Waals surface area (Å²) in [6.07, 6.45) is 1.95. The maximum atomic E-state index is 12.8. The first-order valence-corrected chi connectivity index (χ1v) is 8.52. The summed E-state index contributed by atoms with van der Waals surface area (Å²) < 4.78 is 12.8. The fraction of sp³-hybridized carbons (Fsp3) is 0.375. The second kappa shape index (κ2) is 9.07. The molecule has 0 spiro atoms. The number of aryl methyl sites for hydroxylation is 1. The number of hydrogen-bond donors (Lipinski definition) is 2. The molecule has 0 radical (unpaired) electrons. The molecule has 2 rings (SSSR count). The number of hydrogen-bond acceptors (Lipinski definition) is 5. The highest BCUT2D eigenvalue weighted by Gasteiger charge is 2.10. The molecule has 0 aliphatic heterocycles. The summed E-state index contributed by atoms with van der Waals surface area (Å²) in [4.78, 5) is 23.5. The van der Waals surface area contributed by atoms with Crippen LogP contribution in [0.25, 0.3) is 0 Å². The number of halogens is 1. The number of rotatable bonds is 8. The van der Waals surface area contributed by atoms with Crippen LogP contribution in [0.2, 0.25) is 0 Å². The first kappa shape index (κ1) is 18.0. The lowest BCUT2D eigenvalue weighted by Gasteiger charge is -2.05. The first-order chi connectivity index (χ1) is 11.6. The zero-order valence-electron chi connectivity index (χ0n) is 13.3. The van der Waals surface area contributed by atoms with Crippen LogP contribution >= 0.6 is 11.3 Å². The van der Waals surface area contributed by atoms with Gasteiger partial charge in [-0.05, 0) is 24.1 Å². The van der Waals surface area contributed by atoms with Crippen molar-refractivity contribution in [3.63, 3.8) is 0 Å². The monoisotopic (exact) mass is 350 g/mol. The average Bonchev–Trinajstić information content (AvgIpc) is 3.00. The third-order valence-corrected chi connectivity index (χ3v) is 4.06. The molecule has 128 valence electrons. The number of aromatic nitrogens is 2. The van der Waals surface area contributed by atoms with Gasteiger partial charge in [0.1, 0.15) is 10.8 Å². The SMILES string of the molecule is CCCc1nnc(NC(=O)CCC(=O)NCc2ccc(F)cc2)s1. The van der Waals surface area contributed by atoms with E-state index in [-0.39, 0.29) is 30.5 Å². The van der Waals surface area contributed by atoms with Gasteiger partial charge in [0, 0.05) is 25.8 Å². The largest absolute Gasteiger partial charge is 0.352 e. The molecule has 0 bridgehead atoms. The van der Waals surface area contributed by atoms with E-state index in [0.717, 1.165) is 23.4 Å². The van der Waals surface area contributed by atoms with Crippen LogP contribution in [0.1, 0.15) is 36.8 Å². The normalized spacial score (nSPS) is 10.4. The maximum Gasteiger partial charge on any atom is 0.226 e. The predicted molar refractivity (Wildman–Crippen MR) is 90.0 cm³/mol. The van der Waals surface area contributed by atoms with Crippen LogP contribution in [-0.2, 0) is 22.6 Å². The van der Waals surface area contributed by atoms with Gasteiger partial charge in [0.2, 0.25) is 16.9 Å². The first-order valence-electron chi connectivity index (χ1n) is 7.70. The van der Waals surface area contributed by atoms with Crippen molar-refractivity contribution in [2.75, 3.05) is 5.32 Å². The van der Waals surface area contributed by atoms with Crippen LogP contribution in [0, 0.1) is 5.82 Å². The molecular formula is C16H19FN4O2S. The molecule has 2 N–H and O–H groups in total. The molecule has 0 atom stereocenters. The third-order valence-electron chi connectivity index (χ3n) is 3.16. The Labute approximate surface area is 143 Å². The lowest BCUT2D eigenvalue weighted by Crippen LogP contribution is -2.24. The predicted octanol–water partition coefficient (Wildman–Crippen LogP) is 2.66. The minimum Gasteiger partial charge on any atom is -0.352 e. The van der Waals surface area contributed by atoms with Crippen molar-refractivity contribution < 1.29 is 14.0 Å². The molecule has 0 aliphatic carbocycles. The lowest BCUT2D eigenvalue weighted by molar-refractivity contribution is -0.124. The highest BCUT2D eigenvalue weighted by atomic mass is 32.1. The van der Waals surface area contributed by atoms with E-state index in [2.05, 4.69) is 20.8 Å². The van der Waals surface area contributed by atoms with E-state index in [9.17, 15) is 14.0 Å². The van der Waals surface area contributed by atoms with Crippen LogP contribution in [0.4, 0.5) is 9.52 Å². The van der Waals surface area contributed by atoms with Gasteiger partial charge >= 0.3 is 0 Å². The fourth-order valence-electron chi connectivity index (χ4n) is 1.92. The Kier molecular flexibility index (Phi) is 6.80. The molecule has 2 amide bonds. The van der Waals surface area contributed by atoms with Crippen molar-refractivity contribution in [1.82, 2.24) is 15.5 Å². The zero-order valence-corrected chi connectivity index (χ0v) is 14.2. The molecule has 6 nitrogen and oxygen atoms in total. The molecule has 8 heteroatoms. The molecule has 24 heavy (non-hydrogen) atoms. The Bertz CT molecular complexity index is 688. The zero-order chi connectivity index (χ0) is 17.4. The summed E-state index contributed by atoms with van der Waals surface area (Å²) >= 11 is 1.34. The maximum absolute atomic E-state index is 12.8. The van der Waals surface area contributed by atoms with E-state index in [1.165, 1.54) is 23.5 Å². The molecule has 0 aliphatic rings. The van der Waals surface area contributed by atoms with Gasteiger partial charge in [-0.3, -0.25) is 9.59 Å². The smallest absolute Gasteiger partial charge is 0.226 e. The molecule has 2 aromatic rings. The summed E-state index contributed by atoms with van der Waals surface area (Å²) in [6, 6.07) is 5.88. The van der Waals surface area contributed by atoms with Gasteiger partial charge in [-0.25, -0.2) is 4.39 Å². The molecular weight excluding hydrogens is 331 g/mol. The molecule has 1 heterocycles. The van der Waals surface area contributed by atoms with E-state index >= 15 is 0 Å². The number of anilines is 1. The Morgan fingerprint density at radius 2 is 1.83 bits per heavy atom. The average molecular weight is 350 g/mol. The lowest BCUT2D eigenvalue weighted by atomic mass is 10.2. The summed E-state index contributed by atoms with van der Waals surface area (Å²) in [5.74, 6) is -0.829. The molecule has 1 aromatic carbocycles.